The molecular formula is C24H28N4O2. The number of hydrogen-bond acceptors (Lipinski definition) is 4. The lowest BCUT2D eigenvalue weighted by Crippen LogP contribution is -2.29. The molecule has 30 heavy (non-hydrogen) atoms. The minimum absolute atomic E-state index is 0.193. The van der Waals surface area contributed by atoms with Crippen molar-refractivity contribution >= 4 is 5.91 Å². The molecule has 1 atom stereocenters. The molecule has 1 aliphatic heterocycles. The van der Waals surface area contributed by atoms with Crippen LogP contribution < -0.4 is 0 Å². The second-order valence-electron chi connectivity index (χ2n) is 7.79. The molecule has 1 saturated heterocycles. The number of carbonyl (C=O) groups is 1. The summed E-state index contributed by atoms with van der Waals surface area (Å²) in [6.45, 7) is 2.48. The summed E-state index contributed by atoms with van der Waals surface area (Å²) in [7, 11) is 0. The largest absolute Gasteiger partial charge is 0.370 e. The van der Waals surface area contributed by atoms with E-state index in [1.54, 1.807) is 0 Å². The van der Waals surface area contributed by atoms with E-state index >= 15 is 0 Å². The third-order valence-electron chi connectivity index (χ3n) is 5.51. The molecule has 1 amide bonds. The van der Waals surface area contributed by atoms with Crippen molar-refractivity contribution in [1.29, 1.82) is 0 Å². The van der Waals surface area contributed by atoms with Gasteiger partial charge in [0.05, 0.1) is 25.5 Å². The zero-order valence-electron chi connectivity index (χ0n) is 17.2. The van der Waals surface area contributed by atoms with Gasteiger partial charge in [-0.05, 0) is 30.4 Å². The van der Waals surface area contributed by atoms with E-state index in [1.165, 1.54) is 5.56 Å². The summed E-state index contributed by atoms with van der Waals surface area (Å²) in [5, 5.41) is 8.50. The van der Waals surface area contributed by atoms with Crippen LogP contribution in [-0.2, 0) is 29.2 Å². The lowest BCUT2D eigenvalue weighted by molar-refractivity contribution is -0.130. The van der Waals surface area contributed by atoms with Gasteiger partial charge in [0, 0.05) is 19.5 Å². The fourth-order valence-electron chi connectivity index (χ4n) is 3.84. The molecule has 0 radical (unpaired) electrons. The van der Waals surface area contributed by atoms with Crippen LogP contribution in [0.4, 0.5) is 0 Å². The highest BCUT2D eigenvalue weighted by atomic mass is 16.5. The molecule has 0 bridgehead atoms. The quantitative estimate of drug-likeness (QED) is 0.544. The fourth-order valence-corrected chi connectivity index (χ4v) is 3.84. The number of rotatable bonds is 9. The topological polar surface area (TPSA) is 60.2 Å². The van der Waals surface area contributed by atoms with Gasteiger partial charge < -0.3 is 9.64 Å². The van der Waals surface area contributed by atoms with E-state index in [0.29, 0.717) is 26.2 Å². The zero-order chi connectivity index (χ0) is 20.6. The third-order valence-corrected chi connectivity index (χ3v) is 5.51. The van der Waals surface area contributed by atoms with Crippen LogP contribution in [0.15, 0.2) is 66.9 Å². The molecule has 0 aliphatic carbocycles. The Kier molecular flexibility index (Phi) is 6.87. The minimum Gasteiger partial charge on any atom is -0.370 e. The first-order chi connectivity index (χ1) is 14.8. The normalized spacial score (nSPS) is 16.1. The summed E-state index contributed by atoms with van der Waals surface area (Å²) < 4.78 is 7.63. The van der Waals surface area contributed by atoms with Crippen LogP contribution in [-0.4, -0.2) is 38.9 Å². The van der Waals surface area contributed by atoms with Crippen LogP contribution in [0.5, 0.6) is 0 Å². The van der Waals surface area contributed by atoms with Gasteiger partial charge in [0.2, 0.25) is 5.91 Å². The van der Waals surface area contributed by atoms with Crippen molar-refractivity contribution in [2.45, 2.75) is 44.9 Å². The van der Waals surface area contributed by atoms with Crippen molar-refractivity contribution in [3.05, 3.63) is 83.7 Å². The van der Waals surface area contributed by atoms with Crippen LogP contribution >= 0.6 is 0 Å². The average Bonchev–Trinajstić information content (AvgIpc) is 3.45. The second-order valence-corrected chi connectivity index (χ2v) is 7.79. The number of aryl methyl sites for hydroxylation is 1. The maximum Gasteiger partial charge on any atom is 0.222 e. The first-order valence-corrected chi connectivity index (χ1v) is 10.6. The lowest BCUT2D eigenvalue weighted by atomic mass is 10.1. The van der Waals surface area contributed by atoms with Crippen molar-refractivity contribution in [2.24, 2.45) is 0 Å². The van der Waals surface area contributed by atoms with Gasteiger partial charge >= 0.3 is 0 Å². The molecule has 1 aliphatic rings. The number of carbonyl (C=O) groups excluding carboxylic acids is 1. The summed E-state index contributed by atoms with van der Waals surface area (Å²) in [4.78, 5) is 14.5. The third kappa shape index (κ3) is 5.54. The SMILES string of the molecule is O=C(CCCc1ccccc1)N1CCC(n2cc(COCc3ccccc3)nn2)C1. The lowest BCUT2D eigenvalue weighted by Gasteiger charge is -2.16. The van der Waals surface area contributed by atoms with Crippen LogP contribution in [0.1, 0.15) is 42.1 Å². The smallest absolute Gasteiger partial charge is 0.222 e. The Morgan fingerprint density at radius 3 is 2.50 bits per heavy atom. The molecule has 4 rings (SSSR count). The molecule has 6 heteroatoms. The van der Waals surface area contributed by atoms with Gasteiger partial charge in [-0.25, -0.2) is 4.68 Å². The predicted octanol–water partition coefficient (Wildman–Crippen LogP) is 3.79. The Labute approximate surface area is 177 Å². The Morgan fingerprint density at radius 2 is 1.73 bits per heavy atom. The summed E-state index contributed by atoms with van der Waals surface area (Å²) in [5.74, 6) is 0.236. The van der Waals surface area contributed by atoms with Crippen LogP contribution in [0.2, 0.25) is 0 Å². The highest BCUT2D eigenvalue weighted by Gasteiger charge is 2.27. The van der Waals surface area contributed by atoms with Crippen molar-refractivity contribution < 1.29 is 9.53 Å². The van der Waals surface area contributed by atoms with E-state index in [-0.39, 0.29) is 11.9 Å². The molecule has 0 N–H and O–H groups in total. The van der Waals surface area contributed by atoms with Crippen LogP contribution in [0.3, 0.4) is 0 Å². The zero-order valence-corrected chi connectivity index (χ0v) is 17.2. The molecular weight excluding hydrogens is 376 g/mol. The van der Waals surface area contributed by atoms with E-state index in [9.17, 15) is 4.79 Å². The van der Waals surface area contributed by atoms with Gasteiger partial charge in [-0.1, -0.05) is 65.9 Å². The summed E-state index contributed by atoms with van der Waals surface area (Å²) in [6.07, 6.45) is 5.28. The number of hydrogen-bond donors (Lipinski definition) is 0. The van der Waals surface area contributed by atoms with Gasteiger partial charge in [0.25, 0.3) is 0 Å². The molecule has 1 fully saturated rings. The Morgan fingerprint density at radius 1 is 1.00 bits per heavy atom. The van der Waals surface area contributed by atoms with Crippen molar-refractivity contribution in [2.75, 3.05) is 13.1 Å². The Bertz CT molecular complexity index is 927. The molecule has 0 spiro atoms. The number of ether oxygens (including phenoxy) is 1. The first-order valence-electron chi connectivity index (χ1n) is 10.6. The maximum absolute atomic E-state index is 12.6. The molecule has 156 valence electrons. The second kappa shape index (κ2) is 10.2. The fraction of sp³-hybridized carbons (Fsp3) is 0.375. The van der Waals surface area contributed by atoms with E-state index in [2.05, 4.69) is 22.4 Å². The summed E-state index contributed by atoms with van der Waals surface area (Å²) in [5.41, 5.74) is 3.25. The molecule has 1 aromatic heterocycles. The molecule has 6 nitrogen and oxygen atoms in total. The van der Waals surface area contributed by atoms with Crippen LogP contribution in [0.25, 0.3) is 0 Å². The van der Waals surface area contributed by atoms with Gasteiger partial charge in [0.1, 0.15) is 5.69 Å². The van der Waals surface area contributed by atoms with E-state index in [0.717, 1.165) is 37.1 Å². The Hall–Kier alpha value is -2.99. The van der Waals surface area contributed by atoms with Gasteiger partial charge in [-0.15, -0.1) is 5.10 Å². The highest BCUT2D eigenvalue weighted by Crippen LogP contribution is 2.22. The van der Waals surface area contributed by atoms with Crippen molar-refractivity contribution in [1.82, 2.24) is 19.9 Å². The number of benzene rings is 2. The summed E-state index contributed by atoms with van der Waals surface area (Å²) >= 11 is 0. The number of nitrogens with zero attached hydrogens (tertiary/aromatic N) is 4. The van der Waals surface area contributed by atoms with Crippen molar-refractivity contribution in [3.63, 3.8) is 0 Å². The average molecular weight is 405 g/mol. The first kappa shape index (κ1) is 20.3. The standard InChI is InChI=1S/C24H28N4O2/c29-24(13-7-12-20-8-3-1-4-9-20)27-15-14-23(17-27)28-16-22(25-26-28)19-30-18-21-10-5-2-6-11-21/h1-6,8-11,16,23H,7,12-15,17-19H2. The monoisotopic (exact) mass is 404 g/mol. The van der Waals surface area contributed by atoms with E-state index < -0.39 is 0 Å². The molecule has 2 heterocycles. The van der Waals surface area contributed by atoms with E-state index in [4.69, 9.17) is 4.74 Å². The molecule has 2 aromatic carbocycles. The maximum atomic E-state index is 12.6. The predicted molar refractivity (Wildman–Crippen MR) is 115 cm³/mol. The number of amides is 1. The number of likely N-dealkylation sites (tertiary alicyclic amines) is 1. The Balaban J connectivity index is 1.20. The number of aromatic nitrogens is 3. The van der Waals surface area contributed by atoms with Gasteiger partial charge in [-0.2, -0.15) is 0 Å². The van der Waals surface area contributed by atoms with Gasteiger partial charge in [0.15, 0.2) is 0 Å². The van der Waals surface area contributed by atoms with Crippen molar-refractivity contribution in [3.8, 4) is 0 Å². The van der Waals surface area contributed by atoms with Crippen LogP contribution in [0, 0.1) is 0 Å². The molecule has 1 unspecified atom stereocenters. The molecule has 3 aromatic rings. The van der Waals surface area contributed by atoms with E-state index in [1.807, 2.05) is 64.3 Å². The minimum atomic E-state index is 0.193. The molecule has 0 saturated carbocycles. The highest BCUT2D eigenvalue weighted by molar-refractivity contribution is 5.76. The summed E-state index contributed by atoms with van der Waals surface area (Å²) in [6, 6.07) is 20.6. The van der Waals surface area contributed by atoms with Gasteiger partial charge in [-0.3, -0.25) is 4.79 Å².